The van der Waals surface area contributed by atoms with Gasteiger partial charge in [-0.3, -0.25) is 4.79 Å². The van der Waals surface area contributed by atoms with Crippen molar-refractivity contribution in [3.05, 3.63) is 59.7 Å². The van der Waals surface area contributed by atoms with Crippen molar-refractivity contribution in [2.45, 2.75) is 11.9 Å². The van der Waals surface area contributed by atoms with E-state index < -0.39 is 0 Å². The maximum Gasteiger partial charge on any atom is 0.173 e. The third kappa shape index (κ3) is 4.39. The van der Waals surface area contributed by atoms with Crippen LogP contribution < -0.4 is 9.47 Å². The molecule has 0 saturated carbocycles. The van der Waals surface area contributed by atoms with Gasteiger partial charge in [-0.1, -0.05) is 11.8 Å². The predicted octanol–water partition coefficient (Wildman–Crippen LogP) is 4.49. The molecule has 0 bridgehead atoms. The third-order valence-corrected chi connectivity index (χ3v) is 4.93. The minimum Gasteiger partial charge on any atom is -0.497 e. The zero-order chi connectivity index (χ0) is 19.2. The fourth-order valence-corrected chi connectivity index (χ4v) is 3.43. The first-order valence-corrected chi connectivity index (χ1v) is 9.41. The SMILES string of the molecule is CCOc1ccc2cc(C#N)c(SCC(=O)c3ccc(OC)cc3)nc2c1. The molecule has 0 aliphatic carbocycles. The lowest BCUT2D eigenvalue weighted by Gasteiger charge is -2.08. The lowest BCUT2D eigenvalue weighted by atomic mass is 10.1. The topological polar surface area (TPSA) is 72.2 Å². The highest BCUT2D eigenvalue weighted by Crippen LogP contribution is 2.27. The molecule has 2 aromatic carbocycles. The van der Waals surface area contributed by atoms with Gasteiger partial charge in [-0.25, -0.2) is 4.98 Å². The average Bonchev–Trinajstić information content (AvgIpc) is 2.71. The number of carbonyl (C=O) groups excluding carboxylic acids is 1. The van der Waals surface area contributed by atoms with Crippen molar-refractivity contribution in [2.24, 2.45) is 0 Å². The van der Waals surface area contributed by atoms with Crippen molar-refractivity contribution < 1.29 is 14.3 Å². The summed E-state index contributed by atoms with van der Waals surface area (Å²) < 4.78 is 10.6. The summed E-state index contributed by atoms with van der Waals surface area (Å²) >= 11 is 1.26. The van der Waals surface area contributed by atoms with Crippen LogP contribution in [0.4, 0.5) is 0 Å². The molecule has 0 amide bonds. The van der Waals surface area contributed by atoms with Crippen LogP contribution in [0, 0.1) is 11.3 Å². The van der Waals surface area contributed by atoms with E-state index in [1.807, 2.05) is 25.1 Å². The van der Waals surface area contributed by atoms with Crippen LogP contribution >= 0.6 is 11.8 Å². The molecule has 0 fully saturated rings. The Kier molecular flexibility index (Phi) is 5.94. The molecule has 3 aromatic rings. The average molecular weight is 378 g/mol. The number of aromatic nitrogens is 1. The van der Waals surface area contributed by atoms with Gasteiger partial charge in [-0.15, -0.1) is 0 Å². The minimum absolute atomic E-state index is 0.0310. The second-order valence-corrected chi connectivity index (χ2v) is 6.64. The van der Waals surface area contributed by atoms with Crippen LogP contribution in [-0.2, 0) is 0 Å². The highest BCUT2D eigenvalue weighted by atomic mass is 32.2. The molecule has 0 unspecified atom stereocenters. The Bertz CT molecular complexity index is 1010. The third-order valence-electron chi connectivity index (χ3n) is 3.94. The number of Topliss-reactive ketones (excluding diaryl/α,β-unsaturated/α-hetero) is 1. The maximum atomic E-state index is 12.4. The van der Waals surface area contributed by atoms with Crippen LogP contribution in [0.1, 0.15) is 22.8 Å². The summed E-state index contributed by atoms with van der Waals surface area (Å²) in [5, 5.41) is 10.8. The number of thioether (sulfide) groups is 1. The second kappa shape index (κ2) is 8.56. The Labute approximate surface area is 161 Å². The Morgan fingerprint density at radius 2 is 1.89 bits per heavy atom. The van der Waals surface area contributed by atoms with Gasteiger partial charge in [-0.2, -0.15) is 5.26 Å². The van der Waals surface area contributed by atoms with Gasteiger partial charge in [0, 0.05) is 17.0 Å². The number of carbonyl (C=O) groups is 1. The van der Waals surface area contributed by atoms with E-state index in [0.29, 0.717) is 28.5 Å². The summed E-state index contributed by atoms with van der Waals surface area (Å²) in [6.07, 6.45) is 0. The lowest BCUT2D eigenvalue weighted by Crippen LogP contribution is -2.03. The van der Waals surface area contributed by atoms with Gasteiger partial charge < -0.3 is 9.47 Å². The first kappa shape index (κ1) is 18.7. The van der Waals surface area contributed by atoms with Crippen LogP contribution in [0.3, 0.4) is 0 Å². The van der Waals surface area contributed by atoms with Crippen molar-refractivity contribution in [3.8, 4) is 17.6 Å². The van der Waals surface area contributed by atoms with Crippen molar-refractivity contribution >= 4 is 28.4 Å². The molecule has 6 heteroatoms. The number of benzene rings is 2. The number of methoxy groups -OCH3 is 1. The maximum absolute atomic E-state index is 12.4. The van der Waals surface area contributed by atoms with E-state index in [0.717, 1.165) is 16.7 Å². The fraction of sp³-hybridized carbons (Fsp3) is 0.190. The van der Waals surface area contributed by atoms with E-state index >= 15 is 0 Å². The molecule has 0 radical (unpaired) electrons. The van der Waals surface area contributed by atoms with Crippen LogP contribution in [0.15, 0.2) is 53.6 Å². The molecule has 0 spiro atoms. The molecule has 5 nitrogen and oxygen atoms in total. The predicted molar refractivity (Wildman–Crippen MR) is 106 cm³/mol. The number of ketones is 1. The summed E-state index contributed by atoms with van der Waals surface area (Å²) in [4.78, 5) is 17.0. The molecule has 27 heavy (non-hydrogen) atoms. The quantitative estimate of drug-likeness (QED) is 0.446. The second-order valence-electron chi connectivity index (χ2n) is 5.68. The summed E-state index contributed by atoms with van der Waals surface area (Å²) in [6.45, 7) is 2.49. The number of hydrogen-bond acceptors (Lipinski definition) is 6. The van der Waals surface area contributed by atoms with E-state index in [1.165, 1.54) is 11.8 Å². The van der Waals surface area contributed by atoms with Crippen LogP contribution in [0.2, 0.25) is 0 Å². The van der Waals surface area contributed by atoms with E-state index in [1.54, 1.807) is 37.4 Å². The number of ether oxygens (including phenoxy) is 2. The monoisotopic (exact) mass is 378 g/mol. The Hall–Kier alpha value is -3.04. The molecule has 0 saturated heterocycles. The smallest absolute Gasteiger partial charge is 0.173 e. The number of nitriles is 1. The summed E-state index contributed by atoms with van der Waals surface area (Å²) in [5.74, 6) is 1.60. The largest absolute Gasteiger partial charge is 0.497 e. The van der Waals surface area contributed by atoms with E-state index in [-0.39, 0.29) is 11.5 Å². The Morgan fingerprint density at radius 3 is 2.56 bits per heavy atom. The van der Waals surface area contributed by atoms with Gasteiger partial charge in [0.05, 0.1) is 30.5 Å². The molecule has 136 valence electrons. The molecule has 0 atom stereocenters. The van der Waals surface area contributed by atoms with Gasteiger partial charge in [0.1, 0.15) is 22.6 Å². The Morgan fingerprint density at radius 1 is 1.15 bits per heavy atom. The zero-order valence-electron chi connectivity index (χ0n) is 15.1. The van der Waals surface area contributed by atoms with Crippen molar-refractivity contribution in [1.82, 2.24) is 4.98 Å². The van der Waals surface area contributed by atoms with Gasteiger partial charge in [0.25, 0.3) is 0 Å². The van der Waals surface area contributed by atoms with Gasteiger partial charge in [0.2, 0.25) is 0 Å². The summed E-state index contributed by atoms with van der Waals surface area (Å²) in [5.41, 5.74) is 1.79. The number of pyridine rings is 1. The van der Waals surface area contributed by atoms with Crippen LogP contribution in [0.25, 0.3) is 10.9 Å². The normalized spacial score (nSPS) is 10.4. The lowest BCUT2D eigenvalue weighted by molar-refractivity contribution is 0.102. The standard InChI is InChI=1S/C21H18N2O3S/c1-3-26-18-9-6-15-10-16(12-22)21(23-19(15)11-18)27-13-20(24)14-4-7-17(25-2)8-5-14/h4-11H,3,13H2,1-2H3. The first-order chi connectivity index (χ1) is 13.1. The van der Waals surface area contributed by atoms with Gasteiger partial charge in [0.15, 0.2) is 5.78 Å². The number of nitrogens with zero attached hydrogens (tertiary/aromatic N) is 2. The van der Waals surface area contributed by atoms with Crippen molar-refractivity contribution in [3.63, 3.8) is 0 Å². The molecule has 3 rings (SSSR count). The molecule has 1 aromatic heterocycles. The van der Waals surface area contributed by atoms with Gasteiger partial charge >= 0.3 is 0 Å². The van der Waals surface area contributed by atoms with E-state index in [9.17, 15) is 10.1 Å². The summed E-state index contributed by atoms with van der Waals surface area (Å²) in [6, 6.07) is 16.5. The molecule has 0 aliphatic rings. The Balaban J connectivity index is 1.81. The number of rotatable bonds is 7. The number of fused-ring (bicyclic) bond motifs is 1. The van der Waals surface area contributed by atoms with Crippen LogP contribution in [-0.4, -0.2) is 30.2 Å². The fourth-order valence-electron chi connectivity index (χ4n) is 2.57. The molecular weight excluding hydrogens is 360 g/mol. The van der Waals surface area contributed by atoms with Crippen molar-refractivity contribution in [2.75, 3.05) is 19.5 Å². The zero-order valence-corrected chi connectivity index (χ0v) is 15.9. The van der Waals surface area contributed by atoms with Gasteiger partial charge in [-0.05, 0) is 49.4 Å². The minimum atomic E-state index is -0.0310. The van der Waals surface area contributed by atoms with E-state index in [2.05, 4.69) is 11.1 Å². The van der Waals surface area contributed by atoms with Crippen molar-refractivity contribution in [1.29, 1.82) is 5.26 Å². The highest BCUT2D eigenvalue weighted by Gasteiger charge is 2.12. The first-order valence-electron chi connectivity index (χ1n) is 8.42. The van der Waals surface area contributed by atoms with Crippen LogP contribution in [0.5, 0.6) is 11.5 Å². The molecule has 0 aliphatic heterocycles. The molecule has 1 heterocycles. The highest BCUT2D eigenvalue weighted by molar-refractivity contribution is 8.00. The molecule has 0 N–H and O–H groups in total. The van der Waals surface area contributed by atoms with E-state index in [4.69, 9.17) is 9.47 Å². The number of hydrogen-bond donors (Lipinski definition) is 0. The molecular formula is C21H18N2O3S. The summed E-state index contributed by atoms with van der Waals surface area (Å²) in [7, 11) is 1.58.